The molecule has 7 aromatic rings. The minimum Gasteiger partial charge on any atom is -0.490 e. The van der Waals surface area contributed by atoms with Crippen LogP contribution < -0.4 is 9.47 Å². The predicted octanol–water partition coefficient (Wildman–Crippen LogP) is 14.2. The molecule has 0 aliphatic heterocycles. The Morgan fingerprint density at radius 3 is 1.05 bits per heavy atom. The van der Waals surface area contributed by atoms with E-state index in [1.165, 1.54) is 12.8 Å². The molecule has 0 bridgehead atoms. The maximum absolute atomic E-state index is 12.9. The second-order valence-corrected chi connectivity index (χ2v) is 15.9. The lowest BCUT2D eigenvalue weighted by atomic mass is 9.98. The largest absolute Gasteiger partial charge is 0.490 e. The topological polar surface area (TPSA) is 52.6 Å². The molecule has 7 aromatic carbocycles. The Balaban J connectivity index is 1.14. The van der Waals surface area contributed by atoms with Gasteiger partial charge in [-0.05, 0) is 59.4 Å². The summed E-state index contributed by atoms with van der Waals surface area (Å²) in [4.78, 5) is 25.9. The minimum absolute atomic E-state index is 0.00775. The molecular weight excluding hydrogens is 785 g/mol. The first-order valence-corrected chi connectivity index (χ1v) is 22.6. The average molecular weight is 839 g/mol. The van der Waals surface area contributed by atoms with E-state index in [1.807, 2.05) is 146 Å². The number of hydrogen-bond acceptors (Lipinski definition) is 4. The van der Waals surface area contributed by atoms with E-state index in [0.717, 1.165) is 83.0 Å². The van der Waals surface area contributed by atoms with Crippen LogP contribution in [0.25, 0.3) is 22.3 Å². The zero-order valence-corrected chi connectivity index (χ0v) is 36.9. The van der Waals surface area contributed by atoms with Gasteiger partial charge in [-0.25, -0.2) is 0 Å². The van der Waals surface area contributed by atoms with Gasteiger partial charge in [0, 0.05) is 56.6 Å². The van der Waals surface area contributed by atoms with Gasteiger partial charge >= 0.3 is 0 Å². The van der Waals surface area contributed by atoms with Crippen molar-refractivity contribution in [3.63, 3.8) is 0 Å². The third-order valence-electron chi connectivity index (χ3n) is 11.1. The van der Waals surface area contributed by atoms with Gasteiger partial charge in [-0.2, -0.15) is 0 Å². The number of ether oxygens (including phenoxy) is 2. The van der Waals surface area contributed by atoms with E-state index in [0.29, 0.717) is 47.0 Å². The summed E-state index contributed by atoms with van der Waals surface area (Å²) >= 11 is 0. The number of unbranched alkanes of at least 4 members (excludes halogenated alkanes) is 6. The number of benzene rings is 7. The summed E-state index contributed by atoms with van der Waals surface area (Å²) < 4.78 is 12.8. The first kappa shape index (κ1) is 44.6. The summed E-state index contributed by atoms with van der Waals surface area (Å²) in [5.74, 6) is 15.0. The minimum atomic E-state index is 0.00775. The maximum Gasteiger partial charge on any atom is 0.193 e. The highest BCUT2D eigenvalue weighted by molar-refractivity contribution is 6.09. The van der Waals surface area contributed by atoms with Gasteiger partial charge in [0.2, 0.25) is 0 Å². The lowest BCUT2D eigenvalue weighted by Crippen LogP contribution is -2.04. The van der Waals surface area contributed by atoms with E-state index in [-0.39, 0.29) is 11.6 Å². The van der Waals surface area contributed by atoms with Crippen molar-refractivity contribution in [3.8, 4) is 57.4 Å². The molecule has 0 atom stereocenters. The fourth-order valence-electron chi connectivity index (χ4n) is 7.33. The second kappa shape index (κ2) is 23.2. The summed E-state index contributed by atoms with van der Waals surface area (Å²) in [7, 11) is 0. The Morgan fingerprint density at radius 2 is 0.703 bits per heavy atom. The predicted molar refractivity (Wildman–Crippen MR) is 261 cm³/mol. The summed E-state index contributed by atoms with van der Waals surface area (Å²) in [6.07, 6.45) is 8.85. The van der Waals surface area contributed by atoms with Crippen LogP contribution in [-0.2, 0) is 0 Å². The molecule has 0 saturated carbocycles. The summed E-state index contributed by atoms with van der Waals surface area (Å²) in [6, 6.07) is 54.4. The standard InChI is InChI=1S/C60H54O4/c1-3-5-7-15-41-63-57-43-55(31-25-45-21-27-47(28-22-45)49-33-37-53(38-34-49)59(61)51-17-11-9-12-18-51)56(44-58(57)64-42-16-8-6-4-2)32-26-46-23-29-48(30-24-46)50-35-39-54(40-36-50)60(62)52-19-13-10-14-20-52/h9-14,17-24,27-30,33-40,43-44H,3-8,15-16,41-42H2,1-2H3. The van der Waals surface area contributed by atoms with E-state index >= 15 is 0 Å². The molecule has 7 rings (SSSR count). The fourth-order valence-corrected chi connectivity index (χ4v) is 7.33. The van der Waals surface area contributed by atoms with Crippen LogP contribution in [0.1, 0.15) is 119 Å². The quantitative estimate of drug-likeness (QED) is 0.0491. The van der Waals surface area contributed by atoms with Gasteiger partial charge in [0.1, 0.15) is 0 Å². The van der Waals surface area contributed by atoms with Crippen molar-refractivity contribution in [3.05, 3.63) is 214 Å². The molecule has 64 heavy (non-hydrogen) atoms. The van der Waals surface area contributed by atoms with E-state index in [1.54, 1.807) is 0 Å². The molecule has 0 radical (unpaired) electrons. The van der Waals surface area contributed by atoms with Crippen LogP contribution in [0, 0.1) is 23.7 Å². The first-order chi connectivity index (χ1) is 31.5. The van der Waals surface area contributed by atoms with E-state index < -0.39 is 0 Å². The van der Waals surface area contributed by atoms with Gasteiger partial charge in [0.15, 0.2) is 23.1 Å². The van der Waals surface area contributed by atoms with E-state index in [4.69, 9.17) is 9.47 Å². The van der Waals surface area contributed by atoms with Gasteiger partial charge in [-0.1, -0.05) is 210 Å². The summed E-state index contributed by atoms with van der Waals surface area (Å²) in [5, 5.41) is 0. The number of rotatable bonds is 18. The van der Waals surface area contributed by atoms with Crippen LogP contribution >= 0.6 is 0 Å². The zero-order chi connectivity index (χ0) is 44.4. The highest BCUT2D eigenvalue weighted by Crippen LogP contribution is 2.32. The zero-order valence-electron chi connectivity index (χ0n) is 36.9. The van der Waals surface area contributed by atoms with Crippen LogP contribution in [0.15, 0.2) is 170 Å². The Bertz CT molecular complexity index is 2530. The van der Waals surface area contributed by atoms with Crippen molar-refractivity contribution in [2.75, 3.05) is 13.2 Å². The Hall–Kier alpha value is -7.40. The molecule has 4 nitrogen and oxygen atoms in total. The number of carbonyl (C=O) groups excluding carboxylic acids is 2. The smallest absolute Gasteiger partial charge is 0.193 e. The van der Waals surface area contributed by atoms with Crippen LogP contribution in [0.2, 0.25) is 0 Å². The lowest BCUT2D eigenvalue weighted by Gasteiger charge is -2.15. The van der Waals surface area contributed by atoms with Gasteiger partial charge in [-0.3, -0.25) is 9.59 Å². The monoisotopic (exact) mass is 838 g/mol. The molecular formula is C60H54O4. The molecule has 0 aliphatic rings. The molecule has 0 aromatic heterocycles. The van der Waals surface area contributed by atoms with Crippen molar-refractivity contribution in [2.24, 2.45) is 0 Å². The molecule has 4 heteroatoms. The SMILES string of the molecule is CCCCCCOc1cc(C#Cc2ccc(-c3ccc(C(=O)c4ccccc4)cc3)cc2)c(C#Cc2ccc(-c3ccc(C(=O)c4ccccc4)cc3)cc2)cc1OCCCCCC. The maximum atomic E-state index is 12.9. The van der Waals surface area contributed by atoms with Gasteiger partial charge in [-0.15, -0.1) is 0 Å². The van der Waals surface area contributed by atoms with Crippen LogP contribution in [0.5, 0.6) is 11.5 Å². The lowest BCUT2D eigenvalue weighted by molar-refractivity contribution is 0.103. The molecule has 318 valence electrons. The third-order valence-corrected chi connectivity index (χ3v) is 11.1. The molecule has 0 heterocycles. The van der Waals surface area contributed by atoms with Crippen molar-refractivity contribution in [1.82, 2.24) is 0 Å². The Kier molecular flexibility index (Phi) is 16.2. The molecule has 0 amide bonds. The number of ketones is 2. The highest BCUT2D eigenvalue weighted by Gasteiger charge is 2.13. The summed E-state index contributed by atoms with van der Waals surface area (Å²) in [6.45, 7) is 5.62. The number of hydrogen-bond donors (Lipinski definition) is 0. The molecule has 0 aliphatic carbocycles. The third kappa shape index (κ3) is 12.4. The average Bonchev–Trinajstić information content (AvgIpc) is 3.36. The first-order valence-electron chi connectivity index (χ1n) is 22.6. The molecule has 0 spiro atoms. The number of carbonyl (C=O) groups is 2. The van der Waals surface area contributed by atoms with Crippen LogP contribution in [0.4, 0.5) is 0 Å². The molecule has 0 unspecified atom stereocenters. The van der Waals surface area contributed by atoms with Crippen molar-refractivity contribution in [1.29, 1.82) is 0 Å². The van der Waals surface area contributed by atoms with Crippen molar-refractivity contribution >= 4 is 11.6 Å². The van der Waals surface area contributed by atoms with E-state index in [9.17, 15) is 9.59 Å². The molecule has 0 N–H and O–H groups in total. The molecule has 0 saturated heterocycles. The van der Waals surface area contributed by atoms with Crippen LogP contribution in [0.3, 0.4) is 0 Å². The molecule has 0 fully saturated rings. The van der Waals surface area contributed by atoms with E-state index in [2.05, 4.69) is 61.8 Å². The fraction of sp³-hybridized carbons (Fsp3) is 0.200. The van der Waals surface area contributed by atoms with Gasteiger partial charge in [0.05, 0.1) is 13.2 Å². The van der Waals surface area contributed by atoms with Crippen molar-refractivity contribution in [2.45, 2.75) is 65.2 Å². The summed E-state index contributed by atoms with van der Waals surface area (Å²) in [5.41, 5.74) is 10.0. The van der Waals surface area contributed by atoms with Crippen molar-refractivity contribution < 1.29 is 19.1 Å². The Morgan fingerprint density at radius 1 is 0.375 bits per heavy atom. The Labute approximate surface area is 379 Å². The highest BCUT2D eigenvalue weighted by atomic mass is 16.5. The van der Waals surface area contributed by atoms with Gasteiger partial charge in [0.25, 0.3) is 0 Å². The second-order valence-electron chi connectivity index (χ2n) is 15.9. The van der Waals surface area contributed by atoms with Crippen LogP contribution in [-0.4, -0.2) is 24.8 Å². The van der Waals surface area contributed by atoms with Gasteiger partial charge < -0.3 is 9.47 Å². The normalized spacial score (nSPS) is 10.5.